The Balaban J connectivity index is 1.77. The summed E-state index contributed by atoms with van der Waals surface area (Å²) in [6.07, 6.45) is 2.82. The van der Waals surface area contributed by atoms with Crippen molar-refractivity contribution < 1.29 is 4.39 Å². The maximum absolute atomic E-state index is 14.0. The molecule has 1 aliphatic rings. The molecule has 1 fully saturated rings. The van der Waals surface area contributed by atoms with Gasteiger partial charge in [0.15, 0.2) is 5.11 Å². The summed E-state index contributed by atoms with van der Waals surface area (Å²) in [6, 6.07) is 14.9. The van der Waals surface area contributed by atoms with Crippen LogP contribution in [-0.2, 0) is 0 Å². The fourth-order valence-electron chi connectivity index (χ4n) is 4.64. The normalized spacial score (nSPS) is 18.4. The van der Waals surface area contributed by atoms with Crippen molar-refractivity contribution in [1.82, 2.24) is 24.7 Å². The fourth-order valence-corrected chi connectivity index (χ4v) is 4.97. The molecule has 2 aromatic heterocycles. The van der Waals surface area contributed by atoms with Gasteiger partial charge < -0.3 is 19.7 Å². The number of thiocarbonyl (C=S) groups is 1. The van der Waals surface area contributed by atoms with Crippen LogP contribution in [0.2, 0.25) is 0 Å². The van der Waals surface area contributed by atoms with E-state index in [4.69, 9.17) is 12.2 Å². The number of rotatable bonds is 7. The Labute approximate surface area is 194 Å². The van der Waals surface area contributed by atoms with Crippen molar-refractivity contribution in [2.75, 3.05) is 27.2 Å². The van der Waals surface area contributed by atoms with Crippen LogP contribution in [0.1, 0.15) is 41.1 Å². The molecule has 1 N–H and O–H groups in total. The van der Waals surface area contributed by atoms with Gasteiger partial charge in [-0.15, -0.1) is 0 Å². The molecule has 32 heavy (non-hydrogen) atoms. The molecule has 0 bridgehead atoms. The van der Waals surface area contributed by atoms with Crippen molar-refractivity contribution >= 4 is 17.3 Å². The van der Waals surface area contributed by atoms with Crippen molar-refractivity contribution in [3.05, 3.63) is 83.2 Å². The zero-order valence-corrected chi connectivity index (χ0v) is 19.9. The summed E-state index contributed by atoms with van der Waals surface area (Å²) in [4.78, 5) is 9.10. The Bertz CT molecular complexity index is 1090. The molecule has 0 aliphatic carbocycles. The number of aromatic nitrogens is 2. The first-order valence-electron chi connectivity index (χ1n) is 10.9. The number of aryl methyl sites for hydroxylation is 1. The van der Waals surface area contributed by atoms with E-state index in [9.17, 15) is 4.39 Å². The summed E-state index contributed by atoms with van der Waals surface area (Å²) in [5, 5.41) is 4.27. The van der Waals surface area contributed by atoms with E-state index in [1.807, 2.05) is 30.5 Å². The molecule has 1 aliphatic heterocycles. The highest BCUT2D eigenvalue weighted by molar-refractivity contribution is 7.80. The highest BCUT2D eigenvalue weighted by atomic mass is 32.1. The average molecular weight is 452 g/mol. The molecular formula is C25H30FN5S. The van der Waals surface area contributed by atoms with Crippen LogP contribution in [0.15, 0.2) is 54.7 Å². The Hall–Kier alpha value is -2.77. The molecule has 0 spiro atoms. The summed E-state index contributed by atoms with van der Waals surface area (Å²) in [7, 11) is 4.17. The second-order valence-corrected chi connectivity index (χ2v) is 9.01. The third-order valence-corrected chi connectivity index (χ3v) is 6.41. The van der Waals surface area contributed by atoms with Crippen LogP contribution < -0.4 is 5.32 Å². The largest absolute Gasteiger partial charge is 0.352 e. The molecule has 4 rings (SSSR count). The minimum Gasteiger partial charge on any atom is -0.352 e. The van der Waals surface area contributed by atoms with Crippen molar-refractivity contribution in [2.24, 2.45) is 0 Å². The first-order chi connectivity index (χ1) is 15.4. The third-order valence-electron chi connectivity index (χ3n) is 6.06. The summed E-state index contributed by atoms with van der Waals surface area (Å²) >= 11 is 5.78. The van der Waals surface area contributed by atoms with Gasteiger partial charge in [0.1, 0.15) is 5.82 Å². The molecular weight excluding hydrogens is 421 g/mol. The lowest BCUT2D eigenvalue weighted by molar-refractivity contribution is 0.292. The molecule has 1 aromatic carbocycles. The average Bonchev–Trinajstić information content (AvgIpc) is 3.24. The Morgan fingerprint density at radius 3 is 2.62 bits per heavy atom. The zero-order valence-electron chi connectivity index (χ0n) is 19.0. The lowest BCUT2D eigenvalue weighted by Crippen LogP contribution is -2.32. The molecule has 3 heterocycles. The number of hydrogen-bond acceptors (Lipinski definition) is 3. The zero-order chi connectivity index (χ0) is 22.8. The molecule has 0 unspecified atom stereocenters. The maximum Gasteiger partial charge on any atom is 0.170 e. The van der Waals surface area contributed by atoms with Gasteiger partial charge >= 0.3 is 0 Å². The molecule has 0 saturated carbocycles. The van der Waals surface area contributed by atoms with Gasteiger partial charge in [0, 0.05) is 29.8 Å². The van der Waals surface area contributed by atoms with Crippen LogP contribution in [-0.4, -0.2) is 51.6 Å². The smallest absolute Gasteiger partial charge is 0.170 e. The van der Waals surface area contributed by atoms with Crippen LogP contribution in [0.3, 0.4) is 0 Å². The highest BCUT2D eigenvalue weighted by Crippen LogP contribution is 2.41. The van der Waals surface area contributed by atoms with Crippen molar-refractivity contribution in [3.8, 4) is 5.69 Å². The van der Waals surface area contributed by atoms with Gasteiger partial charge in [0.25, 0.3) is 0 Å². The quantitative estimate of drug-likeness (QED) is 0.533. The predicted octanol–water partition coefficient (Wildman–Crippen LogP) is 4.55. The monoisotopic (exact) mass is 451 g/mol. The summed E-state index contributed by atoms with van der Waals surface area (Å²) in [6.45, 7) is 6.00. The predicted molar refractivity (Wildman–Crippen MR) is 131 cm³/mol. The van der Waals surface area contributed by atoms with Crippen LogP contribution in [0, 0.1) is 19.7 Å². The van der Waals surface area contributed by atoms with Gasteiger partial charge in [-0.05, 0) is 95.1 Å². The number of benzene rings is 1. The van der Waals surface area contributed by atoms with Gasteiger partial charge in [-0.25, -0.2) is 4.39 Å². The SMILES string of the molecule is Cc1cc([C@@H]2[C@H](c3ccccn3)NC(=S)N2CCCN(C)C)c(C)n1-c1cccc(F)c1. The van der Waals surface area contributed by atoms with Gasteiger partial charge in [-0.1, -0.05) is 12.1 Å². The van der Waals surface area contributed by atoms with Gasteiger partial charge in [0.05, 0.1) is 17.8 Å². The number of nitrogens with one attached hydrogen (secondary N) is 1. The number of hydrogen-bond donors (Lipinski definition) is 1. The second kappa shape index (κ2) is 9.38. The van der Waals surface area contributed by atoms with Crippen molar-refractivity contribution in [2.45, 2.75) is 32.4 Å². The third kappa shape index (κ3) is 4.40. The fraction of sp³-hybridized carbons (Fsp3) is 0.360. The topological polar surface area (TPSA) is 36.3 Å². The van der Waals surface area contributed by atoms with E-state index >= 15 is 0 Å². The van der Waals surface area contributed by atoms with E-state index in [0.717, 1.165) is 47.4 Å². The first-order valence-corrected chi connectivity index (χ1v) is 11.3. The molecule has 2 atom stereocenters. The van der Waals surface area contributed by atoms with E-state index in [1.54, 1.807) is 12.1 Å². The Morgan fingerprint density at radius 2 is 1.94 bits per heavy atom. The molecule has 1 saturated heterocycles. The summed E-state index contributed by atoms with van der Waals surface area (Å²) < 4.78 is 16.1. The lowest BCUT2D eigenvalue weighted by Gasteiger charge is -2.28. The summed E-state index contributed by atoms with van der Waals surface area (Å²) in [5.74, 6) is -0.239. The minimum atomic E-state index is -0.239. The van der Waals surface area contributed by atoms with Crippen LogP contribution >= 0.6 is 12.2 Å². The molecule has 168 valence electrons. The van der Waals surface area contributed by atoms with Crippen LogP contribution in [0.25, 0.3) is 5.69 Å². The van der Waals surface area contributed by atoms with Crippen LogP contribution in [0.5, 0.6) is 0 Å². The van der Waals surface area contributed by atoms with Crippen molar-refractivity contribution in [3.63, 3.8) is 0 Å². The minimum absolute atomic E-state index is 0.00747. The van der Waals surface area contributed by atoms with E-state index in [-0.39, 0.29) is 17.9 Å². The molecule has 7 heteroatoms. The van der Waals surface area contributed by atoms with E-state index in [1.165, 1.54) is 11.6 Å². The molecule has 3 aromatic rings. The Kier molecular flexibility index (Phi) is 6.58. The maximum atomic E-state index is 14.0. The molecule has 0 amide bonds. The highest BCUT2D eigenvalue weighted by Gasteiger charge is 2.41. The first kappa shape index (κ1) is 22.4. The van der Waals surface area contributed by atoms with Crippen LogP contribution in [0.4, 0.5) is 4.39 Å². The second-order valence-electron chi connectivity index (χ2n) is 8.62. The molecule has 5 nitrogen and oxygen atoms in total. The number of nitrogens with zero attached hydrogens (tertiary/aromatic N) is 4. The van der Waals surface area contributed by atoms with Gasteiger partial charge in [-0.2, -0.15) is 0 Å². The van der Waals surface area contributed by atoms with Gasteiger partial charge in [0.2, 0.25) is 0 Å². The van der Waals surface area contributed by atoms with Gasteiger partial charge in [-0.3, -0.25) is 4.98 Å². The summed E-state index contributed by atoms with van der Waals surface area (Å²) in [5.41, 5.74) is 5.12. The van der Waals surface area contributed by atoms with Crippen molar-refractivity contribution in [1.29, 1.82) is 0 Å². The Morgan fingerprint density at radius 1 is 1.12 bits per heavy atom. The number of halogens is 1. The van der Waals surface area contributed by atoms with E-state index in [2.05, 4.69) is 58.7 Å². The molecule has 0 radical (unpaired) electrons. The van der Waals surface area contributed by atoms with E-state index < -0.39 is 0 Å². The standard InChI is InChI=1S/C25H30FN5S/c1-17-15-21(18(2)31(17)20-10-7-9-19(26)16-20)24-23(22-11-5-6-12-27-22)28-25(32)30(24)14-8-13-29(3)4/h5-7,9-12,15-16,23-24H,8,13-14H2,1-4H3,(H,28,32)/t23-,24+/m0/s1. The number of pyridine rings is 1. The lowest BCUT2D eigenvalue weighted by atomic mass is 9.96. The van der Waals surface area contributed by atoms with E-state index in [0.29, 0.717) is 0 Å².